The van der Waals surface area contributed by atoms with Gasteiger partial charge in [0.1, 0.15) is 0 Å². The van der Waals surface area contributed by atoms with Crippen molar-refractivity contribution < 1.29 is 9.47 Å². The van der Waals surface area contributed by atoms with Crippen molar-refractivity contribution in [3.63, 3.8) is 0 Å². The summed E-state index contributed by atoms with van der Waals surface area (Å²) in [5.74, 6) is -0.258. The fourth-order valence-corrected chi connectivity index (χ4v) is 6.95. The normalized spacial score (nSPS) is 21.3. The smallest absolute Gasteiger partial charge is 0.169 e. The molecule has 2 atom stereocenters. The molecule has 0 radical (unpaired) electrons. The van der Waals surface area contributed by atoms with Gasteiger partial charge in [-0.25, -0.2) is 0 Å². The van der Waals surface area contributed by atoms with Crippen molar-refractivity contribution in [3.8, 4) is 0 Å². The van der Waals surface area contributed by atoms with Gasteiger partial charge in [0.15, 0.2) is 5.79 Å². The van der Waals surface area contributed by atoms with Crippen LogP contribution >= 0.6 is 0 Å². The molecule has 2 aliphatic rings. The van der Waals surface area contributed by atoms with Crippen LogP contribution in [-0.4, -0.2) is 18.0 Å². The number of ether oxygens (including phenoxy) is 2. The van der Waals surface area contributed by atoms with E-state index in [9.17, 15) is 0 Å². The Morgan fingerprint density at radius 1 is 0.444 bits per heavy atom. The van der Waals surface area contributed by atoms with E-state index in [1.807, 2.05) is 13.8 Å². The maximum atomic E-state index is 6.67. The van der Waals surface area contributed by atoms with Crippen LogP contribution in [-0.2, 0) is 9.47 Å². The van der Waals surface area contributed by atoms with Crippen molar-refractivity contribution in [2.45, 2.75) is 238 Å². The molecule has 0 amide bonds. The second-order valence-corrected chi connectivity index (χ2v) is 13.8. The van der Waals surface area contributed by atoms with Crippen LogP contribution in [0.4, 0.5) is 0 Å². The average molecular weight is 629 g/mol. The molecule has 2 fully saturated rings. The van der Waals surface area contributed by atoms with Crippen LogP contribution in [0.1, 0.15) is 220 Å². The molecule has 2 unspecified atom stereocenters. The Morgan fingerprint density at radius 2 is 0.778 bits per heavy atom. The van der Waals surface area contributed by atoms with E-state index in [0.29, 0.717) is 12.2 Å². The molecule has 1 aliphatic heterocycles. The van der Waals surface area contributed by atoms with Crippen molar-refractivity contribution >= 4 is 0 Å². The maximum Gasteiger partial charge on any atom is 0.169 e. The van der Waals surface area contributed by atoms with Gasteiger partial charge in [-0.2, -0.15) is 0 Å². The summed E-state index contributed by atoms with van der Waals surface area (Å²) < 4.78 is 13.3. The predicted molar refractivity (Wildman–Crippen MR) is 201 cm³/mol. The highest BCUT2D eigenvalue weighted by molar-refractivity contribution is 4.93. The van der Waals surface area contributed by atoms with Gasteiger partial charge in [-0.15, -0.1) is 0 Å². The molecule has 0 bridgehead atoms. The van der Waals surface area contributed by atoms with Crippen LogP contribution in [0.15, 0.2) is 36.5 Å². The van der Waals surface area contributed by atoms with Gasteiger partial charge < -0.3 is 9.47 Å². The third-order valence-electron chi connectivity index (χ3n) is 9.70. The lowest BCUT2D eigenvalue weighted by atomic mass is 9.98. The maximum absolute atomic E-state index is 6.67. The first-order valence-corrected chi connectivity index (χ1v) is 20.6. The van der Waals surface area contributed by atoms with Gasteiger partial charge in [-0.05, 0) is 89.9 Å². The molecule has 1 saturated carbocycles. The van der Waals surface area contributed by atoms with Gasteiger partial charge in [-0.3, -0.25) is 0 Å². The lowest BCUT2D eigenvalue weighted by Gasteiger charge is -2.29. The number of allylic oxidation sites excluding steroid dienone is 6. The fraction of sp³-hybridized carbons (Fsp3) is 0.860. The number of fused-ring (bicyclic) bond motifs is 1. The lowest BCUT2D eigenvalue weighted by molar-refractivity contribution is -0.190. The van der Waals surface area contributed by atoms with Crippen LogP contribution in [0.5, 0.6) is 0 Å². The zero-order valence-electron chi connectivity index (χ0n) is 31.1. The van der Waals surface area contributed by atoms with E-state index in [4.69, 9.17) is 9.47 Å². The molecule has 0 aromatic rings. The van der Waals surface area contributed by atoms with Crippen molar-refractivity contribution in [3.05, 3.63) is 36.5 Å². The Labute approximate surface area is 283 Å². The van der Waals surface area contributed by atoms with Crippen LogP contribution in [0.3, 0.4) is 0 Å². The second-order valence-electron chi connectivity index (χ2n) is 13.8. The van der Waals surface area contributed by atoms with Crippen molar-refractivity contribution in [1.29, 1.82) is 0 Å². The minimum absolute atomic E-state index is 0.258. The zero-order chi connectivity index (χ0) is 32.5. The van der Waals surface area contributed by atoms with Gasteiger partial charge in [0.2, 0.25) is 0 Å². The quantitative estimate of drug-likeness (QED) is 0.0582. The summed E-state index contributed by atoms with van der Waals surface area (Å²) in [6.45, 7) is 8.56. The minimum Gasteiger partial charge on any atom is -0.344 e. The van der Waals surface area contributed by atoms with Crippen LogP contribution < -0.4 is 0 Å². The van der Waals surface area contributed by atoms with Crippen LogP contribution in [0.2, 0.25) is 0 Å². The Morgan fingerprint density at radius 3 is 1.22 bits per heavy atom. The fourth-order valence-electron chi connectivity index (χ4n) is 6.95. The first kappa shape index (κ1) is 42.2. The van der Waals surface area contributed by atoms with Crippen molar-refractivity contribution in [2.24, 2.45) is 0 Å². The largest absolute Gasteiger partial charge is 0.344 e. The Hall–Kier alpha value is -0.860. The van der Waals surface area contributed by atoms with E-state index in [2.05, 4.69) is 50.3 Å². The summed E-state index contributed by atoms with van der Waals surface area (Å²) in [6.07, 6.45) is 54.3. The Bertz CT molecular complexity index is 680. The standard InChI is InChI=1S/C41H74O2.C2H6/c1-3-5-7-9-11-13-15-17-19-21-23-25-27-29-31-33-38-41(42-39-35-34-36-40(39)43-41)37-32-30-28-26-24-22-20-18-16-14-12-10-8-6-4-2;1-2/h11,13,16-19,39-40H,3-10,12,14-15,20-38H2,1-2H3;1-2H3/b13-11-,18-16-,19-17-;. The molecule has 2 heteroatoms. The summed E-state index contributed by atoms with van der Waals surface area (Å²) >= 11 is 0. The topological polar surface area (TPSA) is 18.5 Å². The minimum atomic E-state index is -0.258. The van der Waals surface area contributed by atoms with Crippen LogP contribution in [0.25, 0.3) is 0 Å². The highest BCUT2D eigenvalue weighted by Gasteiger charge is 2.48. The van der Waals surface area contributed by atoms with Gasteiger partial charge >= 0.3 is 0 Å². The summed E-state index contributed by atoms with van der Waals surface area (Å²) in [5, 5.41) is 0. The third-order valence-corrected chi connectivity index (χ3v) is 9.70. The zero-order valence-corrected chi connectivity index (χ0v) is 31.1. The predicted octanol–water partition coefficient (Wildman–Crippen LogP) is 14.9. The second kappa shape index (κ2) is 31.7. The highest BCUT2D eigenvalue weighted by Crippen LogP contribution is 2.43. The number of hydrogen-bond acceptors (Lipinski definition) is 2. The van der Waals surface area contributed by atoms with E-state index in [1.54, 1.807) is 0 Å². The molecule has 2 nitrogen and oxygen atoms in total. The van der Waals surface area contributed by atoms with Gasteiger partial charge in [0, 0.05) is 12.8 Å². The molecule has 0 spiro atoms. The molecule has 0 aromatic carbocycles. The van der Waals surface area contributed by atoms with E-state index in [1.165, 1.54) is 173 Å². The number of hydrogen-bond donors (Lipinski definition) is 0. The van der Waals surface area contributed by atoms with Gasteiger partial charge in [0.25, 0.3) is 0 Å². The SMILES string of the molecule is CC.CCCCC/C=C\C/C=C\CCCCCCCCC1(CCCCCCCC/C=C\CCCCCCC)OC2CCCC2O1. The van der Waals surface area contributed by atoms with Gasteiger partial charge in [-0.1, -0.05) is 154 Å². The molecule has 1 heterocycles. The van der Waals surface area contributed by atoms with E-state index in [0.717, 1.165) is 19.3 Å². The summed E-state index contributed by atoms with van der Waals surface area (Å²) in [5.41, 5.74) is 0. The highest BCUT2D eigenvalue weighted by atomic mass is 16.8. The first-order valence-electron chi connectivity index (χ1n) is 20.6. The van der Waals surface area contributed by atoms with E-state index < -0.39 is 0 Å². The molecule has 45 heavy (non-hydrogen) atoms. The molecular formula is C43H80O2. The molecule has 2 rings (SSSR count). The van der Waals surface area contributed by atoms with Crippen LogP contribution in [0, 0.1) is 0 Å². The molecular weight excluding hydrogens is 548 g/mol. The molecule has 0 N–H and O–H groups in total. The summed E-state index contributed by atoms with van der Waals surface area (Å²) in [7, 11) is 0. The summed E-state index contributed by atoms with van der Waals surface area (Å²) in [6, 6.07) is 0. The van der Waals surface area contributed by atoms with E-state index in [-0.39, 0.29) is 5.79 Å². The first-order chi connectivity index (χ1) is 22.3. The Kier molecular flexibility index (Phi) is 29.7. The van der Waals surface area contributed by atoms with E-state index >= 15 is 0 Å². The molecule has 1 aliphatic carbocycles. The van der Waals surface area contributed by atoms with Crippen molar-refractivity contribution in [2.75, 3.05) is 0 Å². The number of rotatable bonds is 30. The Balaban J connectivity index is 0.00000496. The van der Waals surface area contributed by atoms with Gasteiger partial charge in [0.05, 0.1) is 12.2 Å². The lowest BCUT2D eigenvalue weighted by Crippen LogP contribution is -2.31. The summed E-state index contributed by atoms with van der Waals surface area (Å²) in [4.78, 5) is 0. The molecule has 1 saturated heterocycles. The monoisotopic (exact) mass is 629 g/mol. The molecule has 0 aromatic heterocycles. The average Bonchev–Trinajstić information content (AvgIpc) is 3.63. The number of unbranched alkanes of at least 4 members (excludes halogenated alkanes) is 20. The third kappa shape index (κ3) is 23.2. The van der Waals surface area contributed by atoms with Crippen molar-refractivity contribution in [1.82, 2.24) is 0 Å². The molecule has 264 valence electrons.